The minimum absolute atomic E-state index is 0.0293. The molecule has 0 radical (unpaired) electrons. The lowest BCUT2D eigenvalue weighted by Gasteiger charge is -2.30. The Kier molecular flexibility index (Phi) is 5.23. The van der Waals surface area contributed by atoms with Gasteiger partial charge in [-0.2, -0.15) is 0 Å². The van der Waals surface area contributed by atoms with Gasteiger partial charge in [0.25, 0.3) is 0 Å². The second-order valence-corrected chi connectivity index (χ2v) is 8.89. The predicted molar refractivity (Wildman–Crippen MR) is 83.5 cm³/mol. The summed E-state index contributed by atoms with van der Waals surface area (Å²) in [5.41, 5.74) is 0. The van der Waals surface area contributed by atoms with Crippen molar-refractivity contribution in [3.63, 3.8) is 0 Å². The topological polar surface area (TPSA) is 104 Å². The number of nitrogens with one attached hydrogen (secondary N) is 3. The van der Waals surface area contributed by atoms with Crippen LogP contribution in [0.2, 0.25) is 0 Å². The third kappa shape index (κ3) is 3.85. The van der Waals surface area contributed by atoms with Gasteiger partial charge in [0.05, 0.1) is 9.79 Å². The molecule has 3 N–H and O–H groups in total. The van der Waals surface area contributed by atoms with Gasteiger partial charge >= 0.3 is 0 Å². The highest BCUT2D eigenvalue weighted by Gasteiger charge is 2.26. The molecule has 1 heterocycles. The molecule has 1 aliphatic rings. The third-order valence-electron chi connectivity index (χ3n) is 3.78. The molecule has 2 rings (SSSR count). The van der Waals surface area contributed by atoms with Crippen molar-refractivity contribution in [1.29, 1.82) is 0 Å². The molecule has 1 aromatic rings. The molecule has 0 aliphatic carbocycles. The highest BCUT2D eigenvalue weighted by Crippen LogP contribution is 2.17. The highest BCUT2D eigenvalue weighted by molar-refractivity contribution is 7.90. The van der Waals surface area contributed by atoms with Crippen LogP contribution in [0.5, 0.6) is 0 Å². The average molecular weight is 347 g/mol. The first-order valence-electron chi connectivity index (χ1n) is 7.05. The van der Waals surface area contributed by atoms with Gasteiger partial charge in [-0.15, -0.1) is 0 Å². The Morgan fingerprint density at radius 2 is 1.59 bits per heavy atom. The van der Waals surface area contributed by atoms with Crippen LogP contribution < -0.4 is 14.8 Å². The Hall–Kier alpha value is -1.00. The summed E-state index contributed by atoms with van der Waals surface area (Å²) in [6.07, 6.45) is 1.69. The molecule has 124 valence electrons. The molecule has 1 aromatic carbocycles. The summed E-state index contributed by atoms with van der Waals surface area (Å²) in [4.78, 5) is 0.0852. The van der Waals surface area contributed by atoms with E-state index >= 15 is 0 Å². The fraction of sp³-hybridized carbons (Fsp3) is 0.538. The Bertz CT molecular complexity index is 714. The molecule has 0 bridgehead atoms. The van der Waals surface area contributed by atoms with E-state index in [0.717, 1.165) is 19.4 Å². The van der Waals surface area contributed by atoms with Gasteiger partial charge in [0, 0.05) is 12.1 Å². The molecule has 22 heavy (non-hydrogen) atoms. The van der Waals surface area contributed by atoms with Crippen molar-refractivity contribution in [1.82, 2.24) is 14.8 Å². The number of benzene rings is 1. The fourth-order valence-electron chi connectivity index (χ4n) is 2.39. The number of hydrogen-bond donors (Lipinski definition) is 3. The summed E-state index contributed by atoms with van der Waals surface area (Å²) in [6, 6.07) is 5.05. The highest BCUT2D eigenvalue weighted by atomic mass is 32.2. The van der Waals surface area contributed by atoms with Crippen LogP contribution in [0.3, 0.4) is 0 Å². The van der Waals surface area contributed by atoms with Crippen molar-refractivity contribution in [2.45, 2.75) is 41.6 Å². The summed E-state index contributed by atoms with van der Waals surface area (Å²) in [5.74, 6) is 0. The van der Waals surface area contributed by atoms with Gasteiger partial charge in [0.1, 0.15) is 0 Å². The zero-order valence-electron chi connectivity index (χ0n) is 12.5. The van der Waals surface area contributed by atoms with E-state index in [0.29, 0.717) is 0 Å². The van der Waals surface area contributed by atoms with E-state index in [2.05, 4.69) is 14.8 Å². The number of rotatable bonds is 5. The van der Waals surface area contributed by atoms with Crippen LogP contribution in [0.1, 0.15) is 19.8 Å². The van der Waals surface area contributed by atoms with Crippen LogP contribution in [0.25, 0.3) is 0 Å². The second-order valence-electron chi connectivity index (χ2n) is 5.29. The lowest BCUT2D eigenvalue weighted by Crippen LogP contribution is -2.51. The van der Waals surface area contributed by atoms with E-state index in [9.17, 15) is 16.8 Å². The smallest absolute Gasteiger partial charge is 0.240 e. The van der Waals surface area contributed by atoms with Crippen LogP contribution in [-0.2, 0) is 20.0 Å². The zero-order chi connectivity index (χ0) is 16.4. The van der Waals surface area contributed by atoms with Crippen molar-refractivity contribution in [2.75, 3.05) is 13.6 Å². The van der Waals surface area contributed by atoms with Gasteiger partial charge in [-0.1, -0.05) is 0 Å². The third-order valence-corrected chi connectivity index (χ3v) is 6.72. The summed E-state index contributed by atoms with van der Waals surface area (Å²) in [5, 5.41) is 3.23. The summed E-state index contributed by atoms with van der Waals surface area (Å²) in [7, 11) is -5.93. The van der Waals surface area contributed by atoms with Gasteiger partial charge in [-0.25, -0.2) is 26.3 Å². The lowest BCUT2D eigenvalue weighted by molar-refractivity contribution is 0.349. The molecule has 0 saturated carbocycles. The maximum Gasteiger partial charge on any atom is 0.240 e. The molecule has 1 aliphatic heterocycles. The first-order valence-corrected chi connectivity index (χ1v) is 10.0. The summed E-state index contributed by atoms with van der Waals surface area (Å²) < 4.78 is 52.9. The van der Waals surface area contributed by atoms with Crippen molar-refractivity contribution < 1.29 is 16.8 Å². The van der Waals surface area contributed by atoms with Crippen LogP contribution in [0.15, 0.2) is 34.1 Å². The molecule has 7 nitrogen and oxygen atoms in total. The van der Waals surface area contributed by atoms with Crippen molar-refractivity contribution in [3.05, 3.63) is 24.3 Å². The minimum atomic E-state index is -3.67. The van der Waals surface area contributed by atoms with Crippen LogP contribution in [0, 0.1) is 0 Å². The fourth-order valence-corrected chi connectivity index (χ4v) is 4.47. The Morgan fingerprint density at radius 3 is 2.09 bits per heavy atom. The molecule has 9 heteroatoms. The van der Waals surface area contributed by atoms with Crippen molar-refractivity contribution in [3.8, 4) is 0 Å². The molecule has 0 amide bonds. The molecule has 2 atom stereocenters. The second kappa shape index (κ2) is 6.63. The summed E-state index contributed by atoms with van der Waals surface area (Å²) >= 11 is 0. The van der Waals surface area contributed by atoms with Gasteiger partial charge in [0.15, 0.2) is 0 Å². The predicted octanol–water partition coefficient (Wildman–Crippen LogP) is 0.0135. The van der Waals surface area contributed by atoms with E-state index < -0.39 is 20.0 Å². The van der Waals surface area contributed by atoms with Crippen LogP contribution in [0.4, 0.5) is 0 Å². The number of hydrogen-bond acceptors (Lipinski definition) is 5. The Morgan fingerprint density at radius 1 is 1.05 bits per heavy atom. The standard InChI is InChI=1S/C13H21N3O4S2/c1-10-13(4-3-9-15-10)16-22(19,20)12-7-5-11(6-8-12)21(17,18)14-2/h5-8,10,13-16H,3-4,9H2,1-2H3. The quantitative estimate of drug-likeness (QED) is 0.696. The SMILES string of the molecule is CNS(=O)(=O)c1ccc(S(=O)(=O)NC2CCCNC2C)cc1. The first-order chi connectivity index (χ1) is 10.3. The molecular formula is C13H21N3O4S2. The molecule has 2 unspecified atom stereocenters. The first kappa shape index (κ1) is 17.4. The van der Waals surface area contributed by atoms with Gasteiger partial charge in [-0.05, 0) is 57.6 Å². The van der Waals surface area contributed by atoms with E-state index in [4.69, 9.17) is 0 Å². The molecule has 0 aromatic heterocycles. The van der Waals surface area contributed by atoms with E-state index in [1.165, 1.54) is 31.3 Å². The molecular weight excluding hydrogens is 326 g/mol. The van der Waals surface area contributed by atoms with E-state index in [-0.39, 0.29) is 21.9 Å². The van der Waals surface area contributed by atoms with Crippen molar-refractivity contribution in [2.24, 2.45) is 0 Å². The summed E-state index contributed by atoms with van der Waals surface area (Å²) in [6.45, 7) is 2.82. The molecule has 1 fully saturated rings. The van der Waals surface area contributed by atoms with Gasteiger partial charge < -0.3 is 5.32 Å². The normalized spacial score (nSPS) is 23.4. The monoisotopic (exact) mass is 347 g/mol. The van der Waals surface area contributed by atoms with Crippen LogP contribution >= 0.6 is 0 Å². The lowest BCUT2D eigenvalue weighted by atomic mass is 10.0. The molecule has 1 saturated heterocycles. The van der Waals surface area contributed by atoms with Crippen LogP contribution in [-0.4, -0.2) is 42.5 Å². The zero-order valence-corrected chi connectivity index (χ0v) is 14.2. The van der Waals surface area contributed by atoms with E-state index in [1.807, 2.05) is 6.92 Å². The average Bonchev–Trinajstić information content (AvgIpc) is 2.49. The van der Waals surface area contributed by atoms with Gasteiger partial charge in [0.2, 0.25) is 20.0 Å². The van der Waals surface area contributed by atoms with Gasteiger partial charge in [-0.3, -0.25) is 0 Å². The number of piperidine rings is 1. The Balaban J connectivity index is 2.19. The van der Waals surface area contributed by atoms with E-state index in [1.54, 1.807) is 0 Å². The molecule has 0 spiro atoms. The Labute approximate surface area is 131 Å². The maximum atomic E-state index is 12.4. The minimum Gasteiger partial charge on any atom is -0.313 e. The largest absolute Gasteiger partial charge is 0.313 e. The maximum absolute atomic E-state index is 12.4. The van der Waals surface area contributed by atoms with Crippen molar-refractivity contribution >= 4 is 20.0 Å². The number of sulfonamides is 2.